The van der Waals surface area contributed by atoms with Gasteiger partial charge in [-0.1, -0.05) is 0 Å². The molecule has 0 amide bonds. The molecule has 1 N–H and O–H groups in total. The molecule has 0 aliphatic heterocycles. The Morgan fingerprint density at radius 1 is 1.29 bits per heavy atom. The van der Waals surface area contributed by atoms with E-state index in [0.717, 1.165) is 18.4 Å². The van der Waals surface area contributed by atoms with Crippen LogP contribution in [0.4, 0.5) is 14.5 Å². The minimum atomic E-state index is -3.15. The third-order valence-electron chi connectivity index (χ3n) is 2.20. The largest absolute Gasteiger partial charge is 0.379 e. The molecule has 1 rings (SSSR count). The van der Waals surface area contributed by atoms with Gasteiger partial charge in [-0.05, 0) is 25.5 Å². The Kier molecular flexibility index (Phi) is 4.08. The van der Waals surface area contributed by atoms with Crippen LogP contribution in [0.2, 0.25) is 0 Å². The molecule has 96 valence electrons. The zero-order valence-electron chi connectivity index (χ0n) is 9.92. The van der Waals surface area contributed by atoms with Crippen LogP contribution in [0.25, 0.3) is 0 Å². The van der Waals surface area contributed by atoms with Crippen LogP contribution in [0, 0.1) is 18.6 Å². The van der Waals surface area contributed by atoms with Crippen molar-refractivity contribution in [2.45, 2.75) is 19.9 Å². The van der Waals surface area contributed by atoms with Gasteiger partial charge in [0.05, 0.1) is 11.4 Å². The van der Waals surface area contributed by atoms with Gasteiger partial charge >= 0.3 is 0 Å². The number of benzene rings is 1. The van der Waals surface area contributed by atoms with E-state index in [1.54, 1.807) is 6.92 Å². The Morgan fingerprint density at radius 3 is 2.41 bits per heavy atom. The topological polar surface area (TPSA) is 46.2 Å². The Bertz CT molecular complexity index is 514. The summed E-state index contributed by atoms with van der Waals surface area (Å²) in [6, 6.07) is 1.62. The normalized spacial score (nSPS) is 13.5. The second kappa shape index (κ2) is 5.00. The van der Waals surface area contributed by atoms with Gasteiger partial charge in [0.25, 0.3) is 0 Å². The van der Waals surface area contributed by atoms with Gasteiger partial charge in [-0.15, -0.1) is 0 Å². The third-order valence-corrected chi connectivity index (χ3v) is 3.31. The minimum Gasteiger partial charge on any atom is -0.379 e. The van der Waals surface area contributed by atoms with Crippen LogP contribution < -0.4 is 5.32 Å². The summed E-state index contributed by atoms with van der Waals surface area (Å²) >= 11 is 0. The lowest BCUT2D eigenvalue weighted by Gasteiger charge is -2.15. The zero-order chi connectivity index (χ0) is 13.2. The molecular weight excluding hydrogens is 248 g/mol. The maximum Gasteiger partial charge on any atom is 0.149 e. The average molecular weight is 263 g/mol. The van der Waals surface area contributed by atoms with Crippen molar-refractivity contribution in [3.05, 3.63) is 29.3 Å². The number of halogens is 2. The van der Waals surface area contributed by atoms with E-state index in [4.69, 9.17) is 0 Å². The van der Waals surface area contributed by atoms with E-state index in [0.29, 0.717) is 0 Å². The number of hydrogen-bond donors (Lipinski definition) is 1. The van der Waals surface area contributed by atoms with Crippen LogP contribution in [0.1, 0.15) is 12.5 Å². The van der Waals surface area contributed by atoms with Crippen LogP contribution in [0.3, 0.4) is 0 Å². The summed E-state index contributed by atoms with van der Waals surface area (Å²) < 4.78 is 48.7. The number of hydrogen-bond acceptors (Lipinski definition) is 3. The molecular formula is C11H15F2NO2S. The number of sulfone groups is 1. The van der Waals surface area contributed by atoms with Crippen LogP contribution in [-0.2, 0) is 9.84 Å². The summed E-state index contributed by atoms with van der Waals surface area (Å²) in [5.41, 5.74) is 0.188. The molecule has 0 fully saturated rings. The summed E-state index contributed by atoms with van der Waals surface area (Å²) in [7, 11) is -3.15. The van der Waals surface area contributed by atoms with Crippen LogP contribution in [-0.4, -0.2) is 26.5 Å². The summed E-state index contributed by atoms with van der Waals surface area (Å²) in [6.45, 7) is 3.06. The highest BCUT2D eigenvalue weighted by atomic mass is 32.2. The van der Waals surface area contributed by atoms with Crippen molar-refractivity contribution in [1.29, 1.82) is 0 Å². The van der Waals surface area contributed by atoms with E-state index >= 15 is 0 Å². The van der Waals surface area contributed by atoms with Gasteiger partial charge in [0, 0.05) is 18.4 Å². The van der Waals surface area contributed by atoms with Crippen molar-refractivity contribution in [1.82, 2.24) is 0 Å². The second-order valence-corrected chi connectivity index (χ2v) is 6.40. The lowest BCUT2D eigenvalue weighted by molar-refractivity contribution is 0.590. The van der Waals surface area contributed by atoms with E-state index in [2.05, 4.69) is 5.32 Å². The predicted octanol–water partition coefficient (Wildman–Crippen LogP) is 2.12. The van der Waals surface area contributed by atoms with Gasteiger partial charge in [0.1, 0.15) is 21.5 Å². The zero-order valence-corrected chi connectivity index (χ0v) is 10.7. The van der Waals surface area contributed by atoms with Gasteiger partial charge in [0.15, 0.2) is 0 Å². The van der Waals surface area contributed by atoms with E-state index in [-0.39, 0.29) is 17.0 Å². The van der Waals surface area contributed by atoms with Crippen molar-refractivity contribution in [3.8, 4) is 0 Å². The van der Waals surface area contributed by atoms with Crippen LogP contribution in [0.5, 0.6) is 0 Å². The first-order chi connectivity index (χ1) is 7.69. The first-order valence-corrected chi connectivity index (χ1v) is 7.15. The highest BCUT2D eigenvalue weighted by Crippen LogP contribution is 2.19. The fourth-order valence-electron chi connectivity index (χ4n) is 1.52. The molecule has 17 heavy (non-hydrogen) atoms. The lowest BCUT2D eigenvalue weighted by Crippen LogP contribution is -2.25. The molecule has 0 aliphatic rings. The van der Waals surface area contributed by atoms with E-state index in [9.17, 15) is 17.2 Å². The number of nitrogens with one attached hydrogen (secondary N) is 1. The molecule has 1 aromatic carbocycles. The molecule has 1 unspecified atom stereocenters. The predicted molar refractivity (Wildman–Crippen MR) is 63.9 cm³/mol. The van der Waals surface area contributed by atoms with Gasteiger partial charge in [0.2, 0.25) is 0 Å². The molecule has 0 heterocycles. The molecule has 0 spiro atoms. The molecule has 0 bridgehead atoms. The van der Waals surface area contributed by atoms with Crippen molar-refractivity contribution in [2.75, 3.05) is 17.3 Å². The molecule has 6 heteroatoms. The molecule has 0 saturated heterocycles. The Labute approximate surface area is 99.8 Å². The van der Waals surface area contributed by atoms with Crippen molar-refractivity contribution in [3.63, 3.8) is 0 Å². The first kappa shape index (κ1) is 13.9. The molecule has 0 saturated carbocycles. The fraction of sp³-hybridized carbons (Fsp3) is 0.455. The number of anilines is 1. The molecule has 1 aromatic rings. The standard InChI is InChI=1S/C11H15F2NO2S/c1-7-4-10(13)11(5-9(7)12)14-8(2)6-17(3,15)16/h4-5,8,14H,6H2,1-3H3. The van der Waals surface area contributed by atoms with Crippen molar-refractivity contribution >= 4 is 15.5 Å². The molecule has 0 aromatic heterocycles. The third kappa shape index (κ3) is 4.30. The van der Waals surface area contributed by atoms with Crippen molar-refractivity contribution < 1.29 is 17.2 Å². The maximum atomic E-state index is 13.4. The molecule has 0 aliphatic carbocycles. The summed E-state index contributed by atoms with van der Waals surface area (Å²) in [4.78, 5) is 0. The molecule has 0 radical (unpaired) electrons. The highest BCUT2D eigenvalue weighted by Gasteiger charge is 2.13. The quantitative estimate of drug-likeness (QED) is 0.905. The Hall–Kier alpha value is -1.17. The monoisotopic (exact) mass is 263 g/mol. The molecule has 3 nitrogen and oxygen atoms in total. The van der Waals surface area contributed by atoms with E-state index in [1.807, 2.05) is 0 Å². The lowest BCUT2D eigenvalue weighted by atomic mass is 10.2. The smallest absolute Gasteiger partial charge is 0.149 e. The molecule has 1 atom stereocenters. The highest BCUT2D eigenvalue weighted by molar-refractivity contribution is 7.90. The second-order valence-electron chi connectivity index (χ2n) is 4.22. The van der Waals surface area contributed by atoms with Gasteiger partial charge in [-0.3, -0.25) is 0 Å². The Morgan fingerprint density at radius 2 is 1.88 bits per heavy atom. The van der Waals surface area contributed by atoms with Crippen LogP contribution in [0.15, 0.2) is 12.1 Å². The summed E-state index contributed by atoms with van der Waals surface area (Å²) in [5, 5.41) is 2.64. The Balaban J connectivity index is 2.85. The van der Waals surface area contributed by atoms with Crippen LogP contribution >= 0.6 is 0 Å². The van der Waals surface area contributed by atoms with Gasteiger partial charge in [-0.25, -0.2) is 17.2 Å². The van der Waals surface area contributed by atoms with E-state index < -0.39 is 27.5 Å². The van der Waals surface area contributed by atoms with Gasteiger partial charge in [-0.2, -0.15) is 0 Å². The van der Waals surface area contributed by atoms with Crippen molar-refractivity contribution in [2.24, 2.45) is 0 Å². The summed E-state index contributed by atoms with van der Waals surface area (Å²) in [5.74, 6) is -1.26. The number of aryl methyl sites for hydroxylation is 1. The maximum absolute atomic E-state index is 13.4. The minimum absolute atomic E-state index is 0.0238. The number of rotatable bonds is 4. The van der Waals surface area contributed by atoms with E-state index in [1.165, 1.54) is 6.92 Å². The SMILES string of the molecule is Cc1cc(F)c(NC(C)CS(C)(=O)=O)cc1F. The fourth-order valence-corrected chi connectivity index (χ4v) is 2.51. The summed E-state index contributed by atoms with van der Waals surface area (Å²) in [6.07, 6.45) is 1.09. The average Bonchev–Trinajstić information content (AvgIpc) is 2.11. The van der Waals surface area contributed by atoms with Gasteiger partial charge < -0.3 is 5.32 Å². The first-order valence-electron chi connectivity index (χ1n) is 5.09.